The quantitative estimate of drug-likeness (QED) is 0.802. The molecule has 2 atom stereocenters. The standard InChI is InChI=1S/C12H16BrNO2S2/c1-8(18(2)16)5-6-14-12(15)10-7-9(17)3-4-11(10)13/h3-4,7-8,17H,5-6H2,1-2H3,(H,14,15). The molecular formula is C12H16BrNO2S2. The average Bonchev–Trinajstić information content (AvgIpc) is 2.31. The Labute approximate surface area is 124 Å². The fourth-order valence-corrected chi connectivity index (χ4v) is 2.42. The molecule has 1 aromatic carbocycles. The van der Waals surface area contributed by atoms with Crippen molar-refractivity contribution in [3.8, 4) is 0 Å². The Balaban J connectivity index is 2.55. The summed E-state index contributed by atoms with van der Waals surface area (Å²) < 4.78 is 11.9. The number of amides is 1. The first kappa shape index (κ1) is 15.7. The number of carbonyl (C=O) groups is 1. The van der Waals surface area contributed by atoms with E-state index in [1.54, 1.807) is 18.4 Å². The molecule has 0 saturated carbocycles. The molecule has 1 amide bonds. The third-order valence-electron chi connectivity index (χ3n) is 2.60. The van der Waals surface area contributed by atoms with Crippen LogP contribution in [-0.4, -0.2) is 28.2 Å². The van der Waals surface area contributed by atoms with Gasteiger partial charge in [-0.2, -0.15) is 0 Å². The first-order chi connectivity index (χ1) is 8.41. The van der Waals surface area contributed by atoms with Gasteiger partial charge in [0.1, 0.15) is 0 Å². The zero-order valence-electron chi connectivity index (χ0n) is 10.3. The smallest absolute Gasteiger partial charge is 0.252 e. The average molecular weight is 350 g/mol. The summed E-state index contributed by atoms with van der Waals surface area (Å²) in [7, 11) is -0.850. The van der Waals surface area contributed by atoms with Crippen LogP contribution >= 0.6 is 28.6 Å². The highest BCUT2D eigenvalue weighted by Crippen LogP contribution is 2.20. The van der Waals surface area contributed by atoms with Gasteiger partial charge in [-0.15, -0.1) is 12.6 Å². The summed E-state index contributed by atoms with van der Waals surface area (Å²) in [5.41, 5.74) is 0.563. The fraction of sp³-hybridized carbons (Fsp3) is 0.417. The lowest BCUT2D eigenvalue weighted by Crippen LogP contribution is -2.27. The number of nitrogens with one attached hydrogen (secondary N) is 1. The van der Waals surface area contributed by atoms with Crippen LogP contribution in [-0.2, 0) is 10.8 Å². The Kier molecular flexibility index (Phi) is 6.38. The van der Waals surface area contributed by atoms with E-state index in [2.05, 4.69) is 33.9 Å². The van der Waals surface area contributed by atoms with Crippen molar-refractivity contribution in [1.82, 2.24) is 5.32 Å². The van der Waals surface area contributed by atoms with E-state index in [9.17, 15) is 9.00 Å². The van der Waals surface area contributed by atoms with Crippen molar-refractivity contribution in [3.63, 3.8) is 0 Å². The second kappa shape index (κ2) is 7.31. The van der Waals surface area contributed by atoms with Gasteiger partial charge >= 0.3 is 0 Å². The maximum Gasteiger partial charge on any atom is 0.252 e. The largest absolute Gasteiger partial charge is 0.352 e. The van der Waals surface area contributed by atoms with Gasteiger partial charge in [0.15, 0.2) is 0 Å². The van der Waals surface area contributed by atoms with Crippen molar-refractivity contribution in [3.05, 3.63) is 28.2 Å². The van der Waals surface area contributed by atoms with Gasteiger partial charge in [-0.1, -0.05) is 6.92 Å². The molecule has 0 aliphatic heterocycles. The molecule has 0 bridgehead atoms. The van der Waals surface area contributed by atoms with E-state index in [-0.39, 0.29) is 11.2 Å². The summed E-state index contributed by atoms with van der Waals surface area (Å²) in [4.78, 5) is 12.7. The summed E-state index contributed by atoms with van der Waals surface area (Å²) in [6.07, 6.45) is 2.38. The molecule has 0 fully saturated rings. The van der Waals surface area contributed by atoms with Gasteiger partial charge in [-0.25, -0.2) is 0 Å². The van der Waals surface area contributed by atoms with Gasteiger partial charge in [-0.3, -0.25) is 9.00 Å². The molecule has 0 aliphatic carbocycles. The second-order valence-electron chi connectivity index (χ2n) is 4.02. The van der Waals surface area contributed by atoms with E-state index < -0.39 is 10.8 Å². The van der Waals surface area contributed by atoms with Crippen LogP contribution in [0.3, 0.4) is 0 Å². The number of hydrogen-bond acceptors (Lipinski definition) is 3. The molecule has 0 spiro atoms. The Morgan fingerprint density at radius 3 is 2.83 bits per heavy atom. The van der Waals surface area contributed by atoms with Crippen LogP contribution < -0.4 is 5.32 Å². The van der Waals surface area contributed by atoms with Crippen molar-refractivity contribution in [2.75, 3.05) is 12.8 Å². The summed E-state index contributed by atoms with van der Waals surface area (Å²) in [5, 5.41) is 2.90. The fourth-order valence-electron chi connectivity index (χ4n) is 1.34. The number of hydrogen-bond donors (Lipinski definition) is 2. The normalized spacial score (nSPS) is 14.0. The monoisotopic (exact) mass is 349 g/mol. The van der Waals surface area contributed by atoms with Crippen LogP contribution in [0.1, 0.15) is 23.7 Å². The minimum atomic E-state index is -0.850. The van der Waals surface area contributed by atoms with Crippen LogP contribution in [0.2, 0.25) is 0 Å². The van der Waals surface area contributed by atoms with E-state index >= 15 is 0 Å². The Bertz CT molecular complexity index is 465. The second-order valence-corrected chi connectivity index (χ2v) is 7.19. The first-order valence-corrected chi connectivity index (χ1v) is 8.37. The summed E-state index contributed by atoms with van der Waals surface area (Å²) in [5.74, 6) is -0.146. The molecule has 6 heteroatoms. The zero-order chi connectivity index (χ0) is 13.7. The molecule has 3 nitrogen and oxygen atoms in total. The van der Waals surface area contributed by atoms with Gasteiger partial charge in [0.05, 0.1) is 5.56 Å². The predicted molar refractivity (Wildman–Crippen MR) is 81.9 cm³/mol. The zero-order valence-corrected chi connectivity index (χ0v) is 13.6. The maximum absolute atomic E-state index is 11.9. The molecule has 18 heavy (non-hydrogen) atoms. The Hall–Kier alpha value is -0.330. The van der Waals surface area contributed by atoms with Crippen LogP contribution in [0.15, 0.2) is 27.6 Å². The Morgan fingerprint density at radius 2 is 2.22 bits per heavy atom. The molecule has 1 N–H and O–H groups in total. The van der Waals surface area contributed by atoms with Crippen LogP contribution in [0.25, 0.3) is 0 Å². The molecule has 1 rings (SSSR count). The highest BCUT2D eigenvalue weighted by molar-refractivity contribution is 9.10. The Morgan fingerprint density at radius 1 is 1.56 bits per heavy atom. The molecule has 0 heterocycles. The van der Waals surface area contributed by atoms with Crippen molar-refractivity contribution in [2.24, 2.45) is 0 Å². The van der Waals surface area contributed by atoms with Crippen molar-refractivity contribution in [2.45, 2.75) is 23.5 Å². The molecule has 100 valence electrons. The van der Waals surface area contributed by atoms with Gasteiger partial charge in [0.25, 0.3) is 5.91 Å². The van der Waals surface area contributed by atoms with E-state index in [1.807, 2.05) is 13.0 Å². The number of thiol groups is 1. The highest BCUT2D eigenvalue weighted by Gasteiger charge is 2.11. The van der Waals surface area contributed by atoms with Crippen LogP contribution in [0.5, 0.6) is 0 Å². The van der Waals surface area contributed by atoms with Gasteiger partial charge in [-0.05, 0) is 40.5 Å². The molecule has 2 unspecified atom stereocenters. The maximum atomic E-state index is 11.9. The molecule has 0 saturated heterocycles. The molecular weight excluding hydrogens is 334 g/mol. The SMILES string of the molecule is CC(CCNC(=O)c1cc(S)ccc1Br)S(C)=O. The first-order valence-electron chi connectivity index (χ1n) is 5.50. The van der Waals surface area contributed by atoms with Crippen LogP contribution in [0, 0.1) is 0 Å². The lowest BCUT2D eigenvalue weighted by molar-refractivity contribution is 0.0952. The summed E-state index contributed by atoms with van der Waals surface area (Å²) in [6, 6.07) is 5.32. The number of halogens is 1. The lowest BCUT2D eigenvalue weighted by Gasteiger charge is -2.10. The third kappa shape index (κ3) is 4.74. The van der Waals surface area contributed by atoms with Crippen molar-refractivity contribution in [1.29, 1.82) is 0 Å². The lowest BCUT2D eigenvalue weighted by atomic mass is 10.2. The van der Waals surface area contributed by atoms with Crippen LogP contribution in [0.4, 0.5) is 0 Å². The van der Waals surface area contributed by atoms with E-state index in [1.165, 1.54) is 0 Å². The number of benzene rings is 1. The van der Waals surface area contributed by atoms with E-state index in [0.717, 1.165) is 9.37 Å². The predicted octanol–water partition coefficient (Wildman–Crippen LogP) is 2.62. The minimum Gasteiger partial charge on any atom is -0.352 e. The highest BCUT2D eigenvalue weighted by atomic mass is 79.9. The van der Waals surface area contributed by atoms with Crippen molar-refractivity contribution < 1.29 is 9.00 Å². The number of carbonyl (C=O) groups excluding carboxylic acids is 1. The minimum absolute atomic E-state index is 0.0879. The van der Waals surface area contributed by atoms with Crippen molar-refractivity contribution >= 4 is 45.3 Å². The van der Waals surface area contributed by atoms with Gasteiger partial charge in [0.2, 0.25) is 0 Å². The molecule has 0 aliphatic rings. The number of rotatable bonds is 5. The van der Waals surface area contributed by atoms with Gasteiger partial charge < -0.3 is 5.32 Å². The molecule has 1 aromatic rings. The summed E-state index contributed by atoms with van der Waals surface area (Å²) in [6.45, 7) is 2.43. The summed E-state index contributed by atoms with van der Waals surface area (Å²) >= 11 is 7.54. The van der Waals surface area contributed by atoms with E-state index in [0.29, 0.717) is 18.5 Å². The van der Waals surface area contributed by atoms with Gasteiger partial charge in [0, 0.05) is 38.2 Å². The molecule has 0 aromatic heterocycles. The van der Waals surface area contributed by atoms with E-state index in [4.69, 9.17) is 0 Å². The molecule has 0 radical (unpaired) electrons. The third-order valence-corrected chi connectivity index (χ3v) is 4.94. The topological polar surface area (TPSA) is 46.2 Å².